The lowest BCUT2D eigenvalue weighted by Gasteiger charge is -2.27. The van der Waals surface area contributed by atoms with Crippen molar-refractivity contribution in [3.05, 3.63) is 46.0 Å². The van der Waals surface area contributed by atoms with Crippen LogP contribution in [-0.2, 0) is 14.2 Å². The molecule has 0 aliphatic carbocycles. The van der Waals surface area contributed by atoms with Crippen LogP contribution < -0.4 is 11.1 Å². The first-order valence-electron chi connectivity index (χ1n) is 13.2. The third-order valence-corrected chi connectivity index (χ3v) is 8.32. The lowest BCUT2D eigenvalue weighted by Crippen LogP contribution is -2.36. The molecule has 6 atom stereocenters. The zero-order valence-electron chi connectivity index (χ0n) is 23.8. The molecular formula is C24H31N8O11P. The summed E-state index contributed by atoms with van der Waals surface area (Å²) in [5, 5.41) is 30.3. The Morgan fingerprint density at radius 2 is 1.36 bits per heavy atom. The van der Waals surface area contributed by atoms with Crippen LogP contribution in [-0.4, -0.2) is 101 Å². The molecule has 2 aliphatic rings. The number of nitrogens with one attached hydrogen (secondary N) is 2. The van der Waals surface area contributed by atoms with Crippen molar-refractivity contribution in [2.24, 2.45) is 10.8 Å². The first-order chi connectivity index (χ1) is 20.7. The van der Waals surface area contributed by atoms with Gasteiger partial charge in [0.1, 0.15) is 12.2 Å². The van der Waals surface area contributed by atoms with Crippen molar-refractivity contribution in [3.63, 3.8) is 0 Å². The number of imidazole rings is 2. The molecule has 44 heavy (non-hydrogen) atoms. The number of hydrogen-bond donors (Lipinski definition) is 7. The smallest absolute Gasteiger partial charge is 0.385 e. The summed E-state index contributed by atoms with van der Waals surface area (Å²) in [6, 6.07) is 0. The summed E-state index contributed by atoms with van der Waals surface area (Å²) < 4.78 is 19.1. The maximum Gasteiger partial charge on any atom is 0.385 e. The molecular weight excluding hydrogens is 607 g/mol. The molecule has 0 aromatic carbocycles. The number of rotatable bonds is 5. The average molecular weight is 639 g/mol. The van der Waals surface area contributed by atoms with Crippen LogP contribution in [0.4, 0.5) is 4.79 Å². The minimum absolute atomic E-state index is 0.0702. The van der Waals surface area contributed by atoms with Gasteiger partial charge in [0, 0.05) is 5.41 Å². The summed E-state index contributed by atoms with van der Waals surface area (Å²) in [6.07, 6.45) is -0.313. The van der Waals surface area contributed by atoms with Gasteiger partial charge in [-0.25, -0.2) is 24.7 Å². The number of ether oxygens (including phenoxy) is 3. The largest absolute Gasteiger partial charge is 0.428 e. The topological polar surface area (TPSA) is 273 Å². The maximum atomic E-state index is 11.7. The number of fused-ring (bicyclic) bond motifs is 2. The minimum atomic E-state index is -2.93. The fourth-order valence-corrected chi connectivity index (χ4v) is 5.18. The number of aromatic nitrogens is 8. The monoisotopic (exact) mass is 638 g/mol. The molecule has 19 nitrogen and oxygen atoms in total. The first kappa shape index (κ1) is 31.7. The highest BCUT2D eigenvalue weighted by molar-refractivity contribution is 7.63. The van der Waals surface area contributed by atoms with Crippen LogP contribution in [0, 0.1) is 10.8 Å². The standard InChI is InChI=1S/C12H15N4O7P.C12H16N4O4/c1-12(2)6(17)9(22-10(12)23-11(19)24(20)21)16-4-15-5-7(16)13-3-14-8(5)18;1-12(2)6(3-17)20-11(8(12)18)16-5-15-7-9(16)13-4-14-10(7)19/h3-4,6,9-10,17,20-21H,1-2H3,(H,13,14,18);4-6,8,11,17-18H,3H2,1-2H3,(H,13,14,19)/t6-,9+,10+;6-,8+,11-/m01/s1. The summed E-state index contributed by atoms with van der Waals surface area (Å²) in [5.41, 5.74) is -2.90. The first-order valence-corrected chi connectivity index (χ1v) is 14.4. The van der Waals surface area contributed by atoms with Gasteiger partial charge >= 0.3 is 5.71 Å². The molecule has 0 saturated carbocycles. The number of carbonyl (C=O) groups excluding carboxylic acids is 1. The fraction of sp³-hybridized carbons (Fsp3) is 0.542. The SMILES string of the molecule is CC1(C)[C@@H](CO)O[C@@H](n2cnc3c(=O)[nH]cnc32)[C@@H]1O.CC1(C)[C@@H](OC(=O)P(O)O)O[C@@H](n2cnc3c(=O)[nH]cnc32)[C@@H]1O. The number of aliphatic hydroxyl groups excluding tert-OH is 3. The normalized spacial score (nSPS) is 27.5. The maximum absolute atomic E-state index is 11.7. The predicted octanol–water partition coefficient (Wildman–Crippen LogP) is -0.809. The van der Waals surface area contributed by atoms with Crippen LogP contribution in [0.15, 0.2) is 34.9 Å². The molecule has 6 rings (SSSR count). The van der Waals surface area contributed by atoms with E-state index in [1.807, 2.05) is 13.8 Å². The molecule has 0 bridgehead atoms. The molecule has 6 heterocycles. The molecule has 0 amide bonds. The molecule has 238 valence electrons. The zero-order chi connectivity index (χ0) is 32.1. The van der Waals surface area contributed by atoms with Crippen molar-refractivity contribution in [1.82, 2.24) is 39.0 Å². The average Bonchev–Trinajstić information content (AvgIpc) is 3.70. The van der Waals surface area contributed by atoms with E-state index in [-0.39, 0.29) is 28.8 Å². The molecule has 0 spiro atoms. The van der Waals surface area contributed by atoms with Gasteiger partial charge in [0.05, 0.1) is 43.4 Å². The van der Waals surface area contributed by atoms with Crippen LogP contribution in [0.1, 0.15) is 40.2 Å². The molecule has 2 saturated heterocycles. The van der Waals surface area contributed by atoms with E-state index in [1.165, 1.54) is 34.4 Å². The van der Waals surface area contributed by atoms with E-state index >= 15 is 0 Å². The summed E-state index contributed by atoms with van der Waals surface area (Å²) in [7, 11) is -2.93. The third-order valence-electron chi connectivity index (χ3n) is 7.88. The molecule has 4 aromatic heterocycles. The third kappa shape index (κ3) is 5.30. The van der Waals surface area contributed by atoms with Crippen LogP contribution in [0.25, 0.3) is 22.3 Å². The van der Waals surface area contributed by atoms with Gasteiger partial charge in [-0.05, 0) is 0 Å². The van der Waals surface area contributed by atoms with E-state index in [1.54, 1.807) is 13.8 Å². The second-order valence-electron chi connectivity index (χ2n) is 11.4. The highest BCUT2D eigenvalue weighted by Crippen LogP contribution is 2.46. The lowest BCUT2D eigenvalue weighted by molar-refractivity contribution is -0.139. The lowest BCUT2D eigenvalue weighted by atomic mass is 9.83. The minimum Gasteiger partial charge on any atom is -0.428 e. The van der Waals surface area contributed by atoms with Crippen molar-refractivity contribution < 1.29 is 44.1 Å². The molecule has 0 radical (unpaired) electrons. The van der Waals surface area contributed by atoms with E-state index in [4.69, 9.17) is 24.0 Å². The second-order valence-corrected chi connectivity index (χ2v) is 12.3. The number of H-pyrrole nitrogens is 2. The molecule has 2 aliphatic heterocycles. The zero-order valence-corrected chi connectivity index (χ0v) is 24.7. The number of aromatic amines is 2. The summed E-state index contributed by atoms with van der Waals surface area (Å²) in [5.74, 6) is 0. The number of nitrogens with zero attached hydrogens (tertiary/aromatic N) is 6. The Balaban J connectivity index is 0.000000177. The Labute approximate surface area is 248 Å². The van der Waals surface area contributed by atoms with Gasteiger partial charge in [-0.2, -0.15) is 0 Å². The van der Waals surface area contributed by atoms with E-state index in [2.05, 4.69) is 29.9 Å². The Hall–Kier alpha value is -3.68. The van der Waals surface area contributed by atoms with Gasteiger partial charge in [0.2, 0.25) is 6.29 Å². The molecule has 4 aromatic rings. The summed E-state index contributed by atoms with van der Waals surface area (Å²) >= 11 is 0. The van der Waals surface area contributed by atoms with E-state index in [9.17, 15) is 29.7 Å². The summed E-state index contributed by atoms with van der Waals surface area (Å²) in [6.45, 7) is 6.62. The number of hydrogen-bond acceptors (Lipinski definition) is 15. The van der Waals surface area contributed by atoms with Gasteiger partial charge < -0.3 is 49.3 Å². The predicted molar refractivity (Wildman–Crippen MR) is 149 cm³/mol. The molecule has 20 heteroatoms. The van der Waals surface area contributed by atoms with Crippen molar-refractivity contribution in [3.8, 4) is 0 Å². The van der Waals surface area contributed by atoms with Crippen molar-refractivity contribution in [2.45, 2.75) is 64.8 Å². The van der Waals surface area contributed by atoms with Gasteiger partial charge in [-0.3, -0.25) is 18.7 Å². The van der Waals surface area contributed by atoms with Crippen molar-refractivity contribution in [2.75, 3.05) is 6.61 Å². The number of carbonyl (C=O) groups is 1. The summed E-state index contributed by atoms with van der Waals surface area (Å²) in [4.78, 5) is 73.4. The highest BCUT2D eigenvalue weighted by Gasteiger charge is 2.54. The van der Waals surface area contributed by atoms with Crippen LogP contribution in [0.3, 0.4) is 0 Å². The van der Waals surface area contributed by atoms with Crippen molar-refractivity contribution in [1.29, 1.82) is 0 Å². The van der Waals surface area contributed by atoms with E-state index < -0.39 is 67.5 Å². The Kier molecular flexibility index (Phi) is 8.42. The fourth-order valence-electron chi connectivity index (χ4n) is 4.99. The molecule has 0 unspecified atom stereocenters. The highest BCUT2D eigenvalue weighted by atomic mass is 31.2. The quantitative estimate of drug-likeness (QED) is 0.132. The molecule has 7 N–H and O–H groups in total. The van der Waals surface area contributed by atoms with Gasteiger partial charge in [-0.1, -0.05) is 27.7 Å². The van der Waals surface area contributed by atoms with Gasteiger partial charge in [0.25, 0.3) is 19.5 Å². The second kappa shape index (κ2) is 11.7. The molecule has 2 fully saturated rings. The van der Waals surface area contributed by atoms with E-state index in [0.29, 0.717) is 5.65 Å². The van der Waals surface area contributed by atoms with E-state index in [0.717, 1.165) is 0 Å². The van der Waals surface area contributed by atoms with Crippen molar-refractivity contribution >= 4 is 36.4 Å². The Morgan fingerprint density at radius 3 is 1.82 bits per heavy atom. The van der Waals surface area contributed by atoms with Crippen LogP contribution in [0.2, 0.25) is 0 Å². The number of aliphatic hydroxyl groups is 3. The van der Waals surface area contributed by atoms with Crippen LogP contribution in [0.5, 0.6) is 0 Å². The van der Waals surface area contributed by atoms with Crippen LogP contribution >= 0.6 is 8.38 Å². The Morgan fingerprint density at radius 1 is 0.886 bits per heavy atom. The Bertz CT molecular complexity index is 1780. The van der Waals surface area contributed by atoms with Gasteiger partial charge in [0.15, 0.2) is 34.8 Å². The van der Waals surface area contributed by atoms with Gasteiger partial charge in [-0.15, -0.1) is 0 Å².